The van der Waals surface area contributed by atoms with Gasteiger partial charge in [-0.05, 0) is 63.4 Å². The number of piperidine rings is 1. The third-order valence-electron chi connectivity index (χ3n) is 5.60. The normalized spacial score (nSPS) is 21.1. The monoisotopic (exact) mass is 310 g/mol. The van der Waals surface area contributed by atoms with Gasteiger partial charge in [-0.1, -0.05) is 18.2 Å². The standard InChI is InChI=1S/C19H26N4/c1-16-17(14-23(21-16)18-5-3-2-4-6-18)13-22-12-9-19(15-22)7-10-20-11-8-19/h2-6,14,20H,7-13,15H2,1H3. The third kappa shape index (κ3) is 3.06. The maximum absolute atomic E-state index is 4.71. The largest absolute Gasteiger partial charge is 0.317 e. The molecule has 4 heteroatoms. The van der Waals surface area contributed by atoms with Gasteiger partial charge in [0.15, 0.2) is 0 Å². The Bertz CT molecular complexity index is 655. The summed E-state index contributed by atoms with van der Waals surface area (Å²) >= 11 is 0. The average Bonchev–Trinajstić information content (AvgIpc) is 3.14. The van der Waals surface area contributed by atoms with Crippen molar-refractivity contribution in [1.82, 2.24) is 20.0 Å². The topological polar surface area (TPSA) is 33.1 Å². The van der Waals surface area contributed by atoms with Crippen LogP contribution in [-0.4, -0.2) is 40.9 Å². The van der Waals surface area contributed by atoms with Crippen molar-refractivity contribution in [1.29, 1.82) is 0 Å². The highest BCUT2D eigenvalue weighted by Gasteiger charge is 2.38. The number of hydrogen-bond acceptors (Lipinski definition) is 3. The molecule has 2 aliphatic rings. The van der Waals surface area contributed by atoms with E-state index in [-0.39, 0.29) is 0 Å². The van der Waals surface area contributed by atoms with Crippen molar-refractivity contribution in [3.63, 3.8) is 0 Å². The number of likely N-dealkylation sites (tertiary alicyclic amines) is 1. The summed E-state index contributed by atoms with van der Waals surface area (Å²) in [5.74, 6) is 0. The van der Waals surface area contributed by atoms with E-state index in [2.05, 4.69) is 47.6 Å². The molecule has 2 saturated heterocycles. The first kappa shape index (κ1) is 14.9. The quantitative estimate of drug-likeness (QED) is 0.946. The van der Waals surface area contributed by atoms with E-state index in [0.717, 1.165) is 17.9 Å². The average molecular weight is 310 g/mol. The molecular formula is C19H26N4. The predicted molar refractivity (Wildman–Crippen MR) is 92.7 cm³/mol. The van der Waals surface area contributed by atoms with Crippen LogP contribution in [0.15, 0.2) is 36.5 Å². The number of hydrogen-bond donors (Lipinski definition) is 1. The SMILES string of the molecule is Cc1nn(-c2ccccc2)cc1CN1CCC2(CCNCC2)C1. The van der Waals surface area contributed by atoms with Crippen LogP contribution < -0.4 is 5.32 Å². The van der Waals surface area contributed by atoms with Crippen LogP contribution in [0.5, 0.6) is 0 Å². The Kier molecular flexibility index (Phi) is 3.95. The van der Waals surface area contributed by atoms with E-state index in [4.69, 9.17) is 5.10 Å². The van der Waals surface area contributed by atoms with Crippen LogP contribution in [0.2, 0.25) is 0 Å². The lowest BCUT2D eigenvalue weighted by Crippen LogP contribution is -2.38. The lowest BCUT2D eigenvalue weighted by Gasteiger charge is -2.33. The summed E-state index contributed by atoms with van der Waals surface area (Å²) in [4.78, 5) is 2.63. The minimum atomic E-state index is 0.578. The molecule has 2 fully saturated rings. The summed E-state index contributed by atoms with van der Waals surface area (Å²) in [6, 6.07) is 10.4. The van der Waals surface area contributed by atoms with Crippen LogP contribution >= 0.6 is 0 Å². The molecular weight excluding hydrogens is 284 g/mol. The lowest BCUT2D eigenvalue weighted by molar-refractivity contribution is 0.194. The Morgan fingerprint density at radius 2 is 1.91 bits per heavy atom. The van der Waals surface area contributed by atoms with Gasteiger partial charge in [0.2, 0.25) is 0 Å². The van der Waals surface area contributed by atoms with Crippen molar-refractivity contribution in [2.24, 2.45) is 5.41 Å². The molecule has 0 radical (unpaired) electrons. The number of benzene rings is 1. The number of para-hydroxylation sites is 1. The van der Waals surface area contributed by atoms with Gasteiger partial charge in [-0.3, -0.25) is 4.90 Å². The lowest BCUT2D eigenvalue weighted by atomic mass is 9.78. The minimum absolute atomic E-state index is 0.578. The Balaban J connectivity index is 1.46. The third-order valence-corrected chi connectivity index (χ3v) is 5.60. The van der Waals surface area contributed by atoms with Crippen LogP contribution in [0.4, 0.5) is 0 Å². The van der Waals surface area contributed by atoms with Crippen molar-refractivity contribution in [3.05, 3.63) is 47.8 Å². The molecule has 2 aliphatic heterocycles. The second kappa shape index (κ2) is 6.10. The first-order chi connectivity index (χ1) is 11.2. The van der Waals surface area contributed by atoms with Crippen LogP contribution in [0.25, 0.3) is 5.69 Å². The number of nitrogens with zero attached hydrogens (tertiary/aromatic N) is 3. The van der Waals surface area contributed by atoms with Gasteiger partial charge in [-0.15, -0.1) is 0 Å². The first-order valence-corrected chi connectivity index (χ1v) is 8.78. The molecule has 122 valence electrons. The highest BCUT2D eigenvalue weighted by Crippen LogP contribution is 2.39. The summed E-state index contributed by atoms with van der Waals surface area (Å²) in [5, 5.41) is 8.21. The van der Waals surface area contributed by atoms with Gasteiger partial charge in [0.05, 0.1) is 11.4 Å². The van der Waals surface area contributed by atoms with Crippen molar-refractivity contribution >= 4 is 0 Å². The van der Waals surface area contributed by atoms with E-state index < -0.39 is 0 Å². The fourth-order valence-corrected chi connectivity index (χ4v) is 4.13. The van der Waals surface area contributed by atoms with E-state index in [1.165, 1.54) is 51.0 Å². The van der Waals surface area contributed by atoms with Gasteiger partial charge >= 0.3 is 0 Å². The Morgan fingerprint density at radius 3 is 2.70 bits per heavy atom. The fraction of sp³-hybridized carbons (Fsp3) is 0.526. The molecule has 1 N–H and O–H groups in total. The molecule has 0 atom stereocenters. The van der Waals surface area contributed by atoms with Crippen molar-refractivity contribution in [2.75, 3.05) is 26.2 Å². The van der Waals surface area contributed by atoms with Gasteiger partial charge in [-0.2, -0.15) is 5.10 Å². The number of aryl methyl sites for hydroxylation is 1. The van der Waals surface area contributed by atoms with Crippen molar-refractivity contribution in [2.45, 2.75) is 32.7 Å². The smallest absolute Gasteiger partial charge is 0.0645 e. The summed E-state index contributed by atoms with van der Waals surface area (Å²) in [6.45, 7) is 8.04. The van der Waals surface area contributed by atoms with Gasteiger partial charge in [0.25, 0.3) is 0 Å². The van der Waals surface area contributed by atoms with Crippen molar-refractivity contribution in [3.8, 4) is 5.69 Å². The Morgan fingerprint density at radius 1 is 1.13 bits per heavy atom. The molecule has 3 heterocycles. The second-order valence-corrected chi connectivity index (χ2v) is 7.23. The van der Waals surface area contributed by atoms with Crippen LogP contribution in [0.1, 0.15) is 30.5 Å². The molecule has 0 amide bonds. The number of aromatic nitrogens is 2. The maximum atomic E-state index is 4.71. The molecule has 23 heavy (non-hydrogen) atoms. The minimum Gasteiger partial charge on any atom is -0.317 e. The highest BCUT2D eigenvalue weighted by molar-refractivity contribution is 5.32. The zero-order valence-corrected chi connectivity index (χ0v) is 14.0. The Hall–Kier alpha value is -1.65. The molecule has 1 spiro atoms. The molecule has 0 saturated carbocycles. The molecule has 4 nitrogen and oxygen atoms in total. The molecule has 0 aliphatic carbocycles. The van der Waals surface area contributed by atoms with E-state index in [1.54, 1.807) is 0 Å². The molecule has 1 aromatic carbocycles. The zero-order valence-electron chi connectivity index (χ0n) is 14.0. The second-order valence-electron chi connectivity index (χ2n) is 7.23. The van der Waals surface area contributed by atoms with Crippen LogP contribution in [0, 0.1) is 12.3 Å². The van der Waals surface area contributed by atoms with Crippen molar-refractivity contribution < 1.29 is 0 Å². The van der Waals surface area contributed by atoms with Crippen LogP contribution in [0.3, 0.4) is 0 Å². The molecule has 4 rings (SSSR count). The number of nitrogens with one attached hydrogen (secondary N) is 1. The summed E-state index contributed by atoms with van der Waals surface area (Å²) in [5.41, 5.74) is 4.23. The molecule has 1 aromatic heterocycles. The van der Waals surface area contributed by atoms with Gasteiger partial charge < -0.3 is 5.32 Å². The maximum Gasteiger partial charge on any atom is 0.0645 e. The van der Waals surface area contributed by atoms with Crippen LogP contribution in [-0.2, 0) is 6.54 Å². The molecule has 0 unspecified atom stereocenters. The van der Waals surface area contributed by atoms with Gasteiger partial charge in [0.1, 0.15) is 0 Å². The van der Waals surface area contributed by atoms with E-state index >= 15 is 0 Å². The first-order valence-electron chi connectivity index (χ1n) is 8.78. The van der Waals surface area contributed by atoms with Gasteiger partial charge in [0, 0.05) is 24.8 Å². The fourth-order valence-electron chi connectivity index (χ4n) is 4.13. The van der Waals surface area contributed by atoms with E-state index in [9.17, 15) is 0 Å². The Labute approximate surface area is 138 Å². The summed E-state index contributed by atoms with van der Waals surface area (Å²) in [7, 11) is 0. The highest BCUT2D eigenvalue weighted by atomic mass is 15.3. The number of rotatable bonds is 3. The predicted octanol–water partition coefficient (Wildman–Crippen LogP) is 2.76. The summed E-state index contributed by atoms with van der Waals surface area (Å²) < 4.78 is 2.01. The van der Waals surface area contributed by atoms with E-state index in [1.807, 2.05) is 10.7 Å². The molecule has 2 aromatic rings. The molecule has 0 bridgehead atoms. The summed E-state index contributed by atoms with van der Waals surface area (Å²) in [6.07, 6.45) is 6.25. The zero-order chi connectivity index (χ0) is 15.7. The van der Waals surface area contributed by atoms with E-state index in [0.29, 0.717) is 5.41 Å². The van der Waals surface area contributed by atoms with Gasteiger partial charge in [-0.25, -0.2) is 4.68 Å².